The number of hydrogen-bond acceptors (Lipinski definition) is 4. The third kappa shape index (κ3) is 2.74. The third-order valence-electron chi connectivity index (χ3n) is 7.18. The van der Waals surface area contributed by atoms with Gasteiger partial charge in [0, 0.05) is 23.6 Å². The summed E-state index contributed by atoms with van der Waals surface area (Å²) in [4.78, 5) is 0. The van der Waals surface area contributed by atoms with Crippen LogP contribution in [0.2, 0.25) is 0 Å². The minimum atomic E-state index is 0.294. The lowest BCUT2D eigenvalue weighted by Gasteiger charge is -2.22. The van der Waals surface area contributed by atoms with Crippen LogP contribution >= 0.6 is 0 Å². The molecule has 1 aromatic heterocycles. The molecule has 0 saturated carbocycles. The van der Waals surface area contributed by atoms with E-state index in [1.54, 1.807) is 14.2 Å². The zero-order valence-electron chi connectivity index (χ0n) is 20.0. The fraction of sp³-hybridized carbons (Fsp3) is 0.393. The van der Waals surface area contributed by atoms with E-state index in [1.165, 1.54) is 49.3 Å². The molecule has 5 nitrogen and oxygen atoms in total. The number of hydrogen-bond donors (Lipinski definition) is 0. The molecule has 5 heteroatoms. The highest BCUT2D eigenvalue weighted by atomic mass is 16.7. The van der Waals surface area contributed by atoms with Crippen LogP contribution in [-0.2, 0) is 25.8 Å². The second-order valence-electron chi connectivity index (χ2n) is 9.47. The Bertz CT molecular complexity index is 1450. The topological polar surface area (TPSA) is 40.8 Å². The fourth-order valence-corrected chi connectivity index (χ4v) is 5.87. The fourth-order valence-electron chi connectivity index (χ4n) is 5.87. The van der Waals surface area contributed by atoms with Gasteiger partial charge in [-0.3, -0.25) is 0 Å². The van der Waals surface area contributed by atoms with Gasteiger partial charge in [-0.15, -0.1) is 0 Å². The van der Waals surface area contributed by atoms with Gasteiger partial charge in [-0.1, -0.05) is 20.8 Å². The molecule has 170 valence electrons. The van der Waals surface area contributed by atoms with Crippen molar-refractivity contribution in [2.45, 2.75) is 46.6 Å². The summed E-state index contributed by atoms with van der Waals surface area (Å²) in [5.74, 6) is 3.90. The number of fused-ring (bicyclic) bond motifs is 4. The lowest BCUT2D eigenvalue weighted by Crippen LogP contribution is -2.43. The molecule has 0 fully saturated rings. The molecule has 2 aliphatic heterocycles. The molecule has 0 unspecified atom stereocenters. The summed E-state index contributed by atoms with van der Waals surface area (Å²) >= 11 is 0. The van der Waals surface area contributed by atoms with Crippen LogP contribution in [0, 0.1) is 5.92 Å². The Morgan fingerprint density at radius 3 is 2.58 bits per heavy atom. The van der Waals surface area contributed by atoms with Crippen molar-refractivity contribution >= 4 is 32.4 Å². The van der Waals surface area contributed by atoms with Gasteiger partial charge in [-0.25, -0.2) is 0 Å². The van der Waals surface area contributed by atoms with Crippen LogP contribution in [0.4, 0.5) is 0 Å². The third-order valence-corrected chi connectivity index (χ3v) is 7.18. The van der Waals surface area contributed by atoms with E-state index >= 15 is 0 Å². The minimum absolute atomic E-state index is 0.294. The number of aromatic nitrogens is 1. The van der Waals surface area contributed by atoms with Gasteiger partial charge in [-0.2, -0.15) is 4.57 Å². The van der Waals surface area contributed by atoms with E-state index in [-0.39, 0.29) is 0 Å². The predicted molar refractivity (Wildman–Crippen MR) is 130 cm³/mol. The molecular formula is C28H30NO4+. The number of methoxy groups -OCH3 is 2. The van der Waals surface area contributed by atoms with Crippen LogP contribution in [0.25, 0.3) is 32.4 Å². The molecule has 0 amide bonds. The summed E-state index contributed by atoms with van der Waals surface area (Å²) in [5.41, 5.74) is 5.27. The summed E-state index contributed by atoms with van der Waals surface area (Å²) in [6.07, 6.45) is 2.86. The Morgan fingerprint density at radius 2 is 1.85 bits per heavy atom. The van der Waals surface area contributed by atoms with Crippen molar-refractivity contribution in [2.75, 3.05) is 21.0 Å². The van der Waals surface area contributed by atoms with Crippen LogP contribution in [0.3, 0.4) is 0 Å². The second-order valence-corrected chi connectivity index (χ2v) is 9.47. The molecule has 0 N–H and O–H groups in total. The molecule has 33 heavy (non-hydrogen) atoms. The zero-order valence-corrected chi connectivity index (χ0v) is 20.0. The predicted octanol–water partition coefficient (Wildman–Crippen LogP) is 5.50. The van der Waals surface area contributed by atoms with Gasteiger partial charge in [0.15, 0.2) is 35.2 Å². The van der Waals surface area contributed by atoms with Gasteiger partial charge in [-0.05, 0) is 47.7 Å². The first kappa shape index (κ1) is 20.4. The van der Waals surface area contributed by atoms with E-state index in [2.05, 4.69) is 43.5 Å². The molecule has 0 bridgehead atoms. The second kappa shape index (κ2) is 7.41. The van der Waals surface area contributed by atoms with E-state index in [0.717, 1.165) is 48.8 Å². The number of rotatable bonds is 5. The molecule has 6 rings (SSSR count). The molecule has 3 heterocycles. The first-order chi connectivity index (χ1) is 16.1. The van der Waals surface area contributed by atoms with Crippen molar-refractivity contribution in [2.24, 2.45) is 5.92 Å². The molecule has 4 aromatic rings. The van der Waals surface area contributed by atoms with Crippen molar-refractivity contribution in [3.63, 3.8) is 0 Å². The maximum atomic E-state index is 6.00. The first-order valence-electron chi connectivity index (χ1n) is 11.9. The van der Waals surface area contributed by atoms with Gasteiger partial charge in [0.1, 0.15) is 0 Å². The van der Waals surface area contributed by atoms with Crippen LogP contribution in [0.15, 0.2) is 24.3 Å². The average molecular weight is 445 g/mol. The Kier molecular flexibility index (Phi) is 4.58. The number of pyridine rings is 1. The molecule has 0 saturated heterocycles. The lowest BCUT2D eigenvalue weighted by molar-refractivity contribution is -0.677. The number of aryl methyl sites for hydroxylation is 3. The Balaban J connectivity index is 1.89. The highest BCUT2D eigenvalue weighted by Gasteiger charge is 2.34. The lowest BCUT2D eigenvalue weighted by atomic mass is 9.87. The first-order valence-corrected chi connectivity index (χ1v) is 11.9. The monoisotopic (exact) mass is 444 g/mol. The molecular weight excluding hydrogens is 414 g/mol. The van der Waals surface area contributed by atoms with Crippen LogP contribution in [-0.4, -0.2) is 21.0 Å². The van der Waals surface area contributed by atoms with Gasteiger partial charge in [0.2, 0.25) is 12.3 Å². The normalized spacial score (nSPS) is 14.2. The summed E-state index contributed by atoms with van der Waals surface area (Å²) in [5, 5.41) is 6.20. The quantitative estimate of drug-likeness (QED) is 0.301. The molecule has 0 radical (unpaired) electrons. The van der Waals surface area contributed by atoms with Gasteiger partial charge in [0.05, 0.1) is 30.4 Å². The standard InChI is InChI=1S/C28H30NO4/c1-6-16-12-19-18-7-8-21(30-4)27(31-5)25(18)20(11-15(2)3)29-10-9-17-13-22-28(33-14-32-22)24(16)23(17)26(19)29/h7-8,12-13,15H,6,9-11,14H2,1-5H3/q+1. The molecule has 0 atom stereocenters. The number of ether oxygens (including phenoxy) is 4. The van der Waals surface area contributed by atoms with E-state index < -0.39 is 0 Å². The smallest absolute Gasteiger partial charge is 0.231 e. The summed E-state index contributed by atoms with van der Waals surface area (Å²) in [7, 11) is 3.45. The highest BCUT2D eigenvalue weighted by Crippen LogP contribution is 2.48. The van der Waals surface area contributed by atoms with Crippen molar-refractivity contribution in [3.8, 4) is 23.0 Å². The molecule has 0 aliphatic carbocycles. The summed E-state index contributed by atoms with van der Waals surface area (Å²) < 4.78 is 26.0. The summed E-state index contributed by atoms with van der Waals surface area (Å²) in [6, 6.07) is 8.80. The van der Waals surface area contributed by atoms with Gasteiger partial charge in [0.25, 0.3) is 0 Å². The minimum Gasteiger partial charge on any atom is -0.493 e. The Labute approximate surface area is 193 Å². The Morgan fingerprint density at radius 1 is 1.00 bits per heavy atom. The molecule has 0 spiro atoms. The van der Waals surface area contributed by atoms with Crippen LogP contribution in [0.5, 0.6) is 23.0 Å². The SMILES string of the molecule is CCc1cc2c3ccc(OC)c(OC)c3c(CC(C)C)[n+]3c2c2c(cc4c(c12)OCO4)CC3. The Hall–Kier alpha value is -3.21. The number of nitrogens with zero attached hydrogens (tertiary/aromatic N) is 1. The highest BCUT2D eigenvalue weighted by molar-refractivity contribution is 6.19. The van der Waals surface area contributed by atoms with E-state index in [1.807, 2.05) is 6.07 Å². The van der Waals surface area contributed by atoms with Crippen molar-refractivity contribution in [3.05, 3.63) is 41.1 Å². The van der Waals surface area contributed by atoms with Crippen molar-refractivity contribution < 1.29 is 23.5 Å². The van der Waals surface area contributed by atoms with Crippen LogP contribution < -0.4 is 23.5 Å². The van der Waals surface area contributed by atoms with E-state index in [0.29, 0.717) is 12.7 Å². The van der Waals surface area contributed by atoms with Gasteiger partial charge >= 0.3 is 0 Å². The van der Waals surface area contributed by atoms with Gasteiger partial charge < -0.3 is 18.9 Å². The average Bonchev–Trinajstić information content (AvgIpc) is 3.30. The molecule has 2 aliphatic rings. The number of benzene rings is 3. The van der Waals surface area contributed by atoms with Crippen molar-refractivity contribution in [1.29, 1.82) is 0 Å². The zero-order chi connectivity index (χ0) is 22.9. The summed E-state index contributed by atoms with van der Waals surface area (Å²) in [6.45, 7) is 8.00. The maximum absolute atomic E-state index is 6.00. The van der Waals surface area contributed by atoms with E-state index in [9.17, 15) is 0 Å². The molecule has 3 aromatic carbocycles. The maximum Gasteiger partial charge on any atom is 0.231 e. The largest absolute Gasteiger partial charge is 0.493 e. The van der Waals surface area contributed by atoms with Crippen molar-refractivity contribution in [1.82, 2.24) is 0 Å². The van der Waals surface area contributed by atoms with E-state index in [4.69, 9.17) is 18.9 Å². The van der Waals surface area contributed by atoms with Crippen LogP contribution in [0.1, 0.15) is 37.6 Å².